The molecule has 0 spiro atoms. The maximum absolute atomic E-state index is 12.3. The zero-order valence-electron chi connectivity index (χ0n) is 14.1. The number of carbonyl (C=O) groups excluding carboxylic acids is 3. The fourth-order valence-electron chi connectivity index (χ4n) is 2.51. The third kappa shape index (κ3) is 4.33. The average Bonchev–Trinajstić information content (AvgIpc) is 2.92. The van der Waals surface area contributed by atoms with Gasteiger partial charge in [-0.1, -0.05) is 11.6 Å². The first-order valence-electron chi connectivity index (χ1n) is 8.10. The molecule has 0 fully saturated rings. The molecule has 3 rings (SSSR count). The van der Waals surface area contributed by atoms with E-state index in [1.165, 1.54) is 6.08 Å². The first-order chi connectivity index (χ1) is 13.0. The second kappa shape index (κ2) is 8.03. The predicted octanol–water partition coefficient (Wildman–Crippen LogP) is 2.25. The second-order valence-corrected chi connectivity index (χ2v) is 6.18. The van der Waals surface area contributed by atoms with E-state index in [-0.39, 0.29) is 24.8 Å². The molecule has 3 N–H and O–H groups in total. The average molecular weight is 386 g/mol. The minimum absolute atomic E-state index is 0.0524. The Bertz CT molecular complexity index is 908. The van der Waals surface area contributed by atoms with E-state index in [9.17, 15) is 14.4 Å². The van der Waals surface area contributed by atoms with E-state index in [0.29, 0.717) is 22.0 Å². The number of nitrogens with zero attached hydrogens (tertiary/aromatic N) is 1. The van der Waals surface area contributed by atoms with Crippen molar-refractivity contribution in [2.75, 3.05) is 23.8 Å². The van der Waals surface area contributed by atoms with Crippen LogP contribution in [0.15, 0.2) is 60.3 Å². The molecule has 1 aliphatic heterocycles. The van der Waals surface area contributed by atoms with Crippen LogP contribution in [0, 0.1) is 0 Å². The summed E-state index contributed by atoms with van der Waals surface area (Å²) < 4.78 is 0. The van der Waals surface area contributed by atoms with Gasteiger partial charge in [-0.15, -0.1) is 0 Å². The summed E-state index contributed by atoms with van der Waals surface area (Å²) in [6.07, 6.45) is 1.18. The van der Waals surface area contributed by atoms with Crippen LogP contribution in [0.3, 0.4) is 0 Å². The van der Waals surface area contributed by atoms with Gasteiger partial charge in [0.2, 0.25) is 0 Å². The zero-order valence-corrected chi connectivity index (χ0v) is 14.9. The van der Waals surface area contributed by atoms with Gasteiger partial charge in [-0.05, 0) is 48.5 Å². The lowest BCUT2D eigenvalue weighted by Gasteiger charge is -2.13. The zero-order chi connectivity index (χ0) is 19.4. The van der Waals surface area contributed by atoms with Crippen molar-refractivity contribution in [1.29, 1.82) is 0 Å². The summed E-state index contributed by atoms with van der Waals surface area (Å²) in [6, 6.07) is 13.2. The Hall–Kier alpha value is -3.16. The Morgan fingerprint density at radius 2 is 1.63 bits per heavy atom. The molecule has 1 aliphatic rings. The van der Waals surface area contributed by atoms with Crippen LogP contribution in [0.1, 0.15) is 10.4 Å². The summed E-state index contributed by atoms with van der Waals surface area (Å²) in [7, 11) is 0. The number of β-amino-alcohol motifs (C(OH)–C–C–N with tert-alkyl or cyclic N) is 1. The number of anilines is 2. The van der Waals surface area contributed by atoms with Crippen LogP contribution in [0.25, 0.3) is 0 Å². The number of hydrogen-bond acceptors (Lipinski definition) is 5. The van der Waals surface area contributed by atoms with Crippen LogP contribution < -0.4 is 10.6 Å². The SMILES string of the molecule is O=C(Nc1ccc(Cl)cc1)c1ccc(NC2=CC(=O)N(CCO)C2=O)cc1. The predicted molar refractivity (Wildman–Crippen MR) is 101 cm³/mol. The van der Waals surface area contributed by atoms with Gasteiger partial charge in [-0.25, -0.2) is 0 Å². The van der Waals surface area contributed by atoms with Gasteiger partial charge < -0.3 is 15.7 Å². The molecule has 0 radical (unpaired) electrons. The van der Waals surface area contributed by atoms with Crippen LogP contribution in [0.4, 0.5) is 11.4 Å². The Balaban J connectivity index is 1.64. The van der Waals surface area contributed by atoms with Gasteiger partial charge in [-0.2, -0.15) is 0 Å². The molecule has 0 atom stereocenters. The van der Waals surface area contributed by atoms with E-state index in [1.807, 2.05) is 0 Å². The first-order valence-corrected chi connectivity index (χ1v) is 8.48. The van der Waals surface area contributed by atoms with E-state index in [0.717, 1.165) is 4.90 Å². The van der Waals surface area contributed by atoms with Crippen molar-refractivity contribution in [2.45, 2.75) is 0 Å². The topological polar surface area (TPSA) is 98.7 Å². The summed E-state index contributed by atoms with van der Waals surface area (Å²) in [5.41, 5.74) is 1.72. The maximum atomic E-state index is 12.3. The molecule has 3 amide bonds. The molecule has 2 aromatic carbocycles. The smallest absolute Gasteiger partial charge is 0.277 e. The molecule has 0 unspecified atom stereocenters. The lowest BCUT2D eigenvalue weighted by Crippen LogP contribution is -2.34. The molecule has 8 heteroatoms. The molecule has 138 valence electrons. The highest BCUT2D eigenvalue weighted by Crippen LogP contribution is 2.19. The third-order valence-electron chi connectivity index (χ3n) is 3.86. The Morgan fingerprint density at radius 1 is 1.00 bits per heavy atom. The summed E-state index contributed by atoms with van der Waals surface area (Å²) in [4.78, 5) is 37.0. The molecule has 0 aliphatic carbocycles. The van der Waals surface area contributed by atoms with Crippen LogP contribution >= 0.6 is 11.6 Å². The minimum Gasteiger partial charge on any atom is -0.395 e. The number of carbonyl (C=O) groups is 3. The number of nitrogens with one attached hydrogen (secondary N) is 2. The second-order valence-electron chi connectivity index (χ2n) is 5.74. The molecule has 0 saturated heterocycles. The van der Waals surface area contributed by atoms with Gasteiger partial charge in [0.05, 0.1) is 13.2 Å². The largest absolute Gasteiger partial charge is 0.395 e. The van der Waals surface area contributed by atoms with Crippen molar-refractivity contribution in [3.63, 3.8) is 0 Å². The molecule has 0 aromatic heterocycles. The third-order valence-corrected chi connectivity index (χ3v) is 4.11. The van der Waals surface area contributed by atoms with Crippen molar-refractivity contribution in [3.8, 4) is 0 Å². The van der Waals surface area contributed by atoms with Crippen molar-refractivity contribution >= 4 is 40.7 Å². The maximum Gasteiger partial charge on any atom is 0.277 e. The molecular weight excluding hydrogens is 370 g/mol. The quantitative estimate of drug-likeness (QED) is 0.662. The van der Waals surface area contributed by atoms with Gasteiger partial charge in [0.1, 0.15) is 5.70 Å². The molecule has 7 nitrogen and oxygen atoms in total. The Labute approximate surface area is 160 Å². The number of rotatable bonds is 6. The minimum atomic E-state index is -0.501. The Kier molecular flexibility index (Phi) is 5.54. The number of hydrogen-bond donors (Lipinski definition) is 3. The summed E-state index contributed by atoms with van der Waals surface area (Å²) in [5.74, 6) is -1.27. The van der Waals surface area contributed by atoms with Crippen molar-refractivity contribution in [3.05, 3.63) is 70.9 Å². The molecule has 0 saturated carbocycles. The number of halogens is 1. The number of amides is 3. The first kappa shape index (κ1) is 18.6. The monoisotopic (exact) mass is 385 g/mol. The summed E-state index contributed by atoms with van der Waals surface area (Å²) in [6.45, 7) is -0.348. The highest BCUT2D eigenvalue weighted by atomic mass is 35.5. The van der Waals surface area contributed by atoms with Gasteiger partial charge >= 0.3 is 0 Å². The molecule has 0 bridgehead atoms. The van der Waals surface area contributed by atoms with Crippen LogP contribution in [0.2, 0.25) is 5.02 Å². The van der Waals surface area contributed by atoms with E-state index in [4.69, 9.17) is 16.7 Å². The van der Waals surface area contributed by atoms with E-state index in [2.05, 4.69) is 10.6 Å². The van der Waals surface area contributed by atoms with Crippen LogP contribution in [0.5, 0.6) is 0 Å². The van der Waals surface area contributed by atoms with Gasteiger partial charge in [0, 0.05) is 28.0 Å². The van der Waals surface area contributed by atoms with Crippen molar-refractivity contribution < 1.29 is 19.5 Å². The molecular formula is C19H16ClN3O4. The van der Waals surface area contributed by atoms with Gasteiger partial charge in [0.15, 0.2) is 0 Å². The molecule has 1 heterocycles. The highest BCUT2D eigenvalue weighted by Gasteiger charge is 2.30. The number of aliphatic hydroxyl groups is 1. The number of benzene rings is 2. The fraction of sp³-hybridized carbons (Fsp3) is 0.105. The molecule has 27 heavy (non-hydrogen) atoms. The summed E-state index contributed by atoms with van der Waals surface area (Å²) >= 11 is 5.81. The van der Waals surface area contributed by atoms with Crippen molar-refractivity contribution in [1.82, 2.24) is 4.90 Å². The van der Waals surface area contributed by atoms with Gasteiger partial charge in [-0.3, -0.25) is 19.3 Å². The molecule has 2 aromatic rings. The fourth-order valence-corrected chi connectivity index (χ4v) is 2.63. The van der Waals surface area contributed by atoms with Crippen molar-refractivity contribution in [2.24, 2.45) is 0 Å². The lowest BCUT2D eigenvalue weighted by molar-refractivity contribution is -0.137. The standard InChI is InChI=1S/C19H16ClN3O4/c20-13-3-7-15(8-4-13)22-18(26)12-1-5-14(6-2-12)21-16-11-17(25)23(9-10-24)19(16)27/h1-8,11,21,24H,9-10H2,(H,22,26). The van der Waals surface area contributed by atoms with Gasteiger partial charge in [0.25, 0.3) is 17.7 Å². The van der Waals surface area contributed by atoms with Crippen LogP contribution in [-0.4, -0.2) is 40.9 Å². The van der Waals surface area contributed by atoms with E-state index < -0.39 is 11.8 Å². The van der Waals surface area contributed by atoms with E-state index in [1.54, 1.807) is 48.5 Å². The van der Waals surface area contributed by atoms with Crippen LogP contribution in [-0.2, 0) is 9.59 Å². The number of aliphatic hydroxyl groups excluding tert-OH is 1. The van der Waals surface area contributed by atoms with E-state index >= 15 is 0 Å². The summed E-state index contributed by atoms with van der Waals surface area (Å²) in [5, 5.41) is 15.1. The Morgan fingerprint density at radius 3 is 2.26 bits per heavy atom. The number of imide groups is 1. The normalized spacial score (nSPS) is 13.6. The highest BCUT2D eigenvalue weighted by molar-refractivity contribution is 6.30. The lowest BCUT2D eigenvalue weighted by atomic mass is 10.2.